The van der Waals surface area contributed by atoms with E-state index < -0.39 is 5.82 Å². The molecule has 2 rings (SSSR count). The maximum atomic E-state index is 13.0. The summed E-state index contributed by atoms with van der Waals surface area (Å²) < 4.78 is 18.2. The van der Waals surface area contributed by atoms with Crippen molar-refractivity contribution < 1.29 is 9.02 Å². The zero-order valence-corrected chi connectivity index (χ0v) is 8.69. The molecule has 3 nitrogen and oxygen atoms in total. The molecule has 0 radical (unpaired) electrons. The van der Waals surface area contributed by atoms with Gasteiger partial charge in [0.05, 0.1) is 8.95 Å². The minimum absolute atomic E-state index is 0.266. The molecule has 0 bridgehead atoms. The number of rotatable bonds is 0. The predicted octanol–water partition coefficient (Wildman–Crippen LogP) is 2.89. The Morgan fingerprint density at radius 2 is 1.92 bits per heavy atom. The smallest absolute Gasteiger partial charge is 0.153 e. The highest BCUT2D eigenvalue weighted by atomic mass is 79.9. The van der Waals surface area contributed by atoms with Crippen LogP contribution in [0.1, 0.15) is 0 Å². The molecule has 0 aliphatic rings. The summed E-state index contributed by atoms with van der Waals surface area (Å²) in [5.74, 6) is -0.398. The van der Waals surface area contributed by atoms with Crippen molar-refractivity contribution in [2.45, 2.75) is 0 Å². The van der Waals surface area contributed by atoms with Crippen LogP contribution in [0.5, 0.6) is 0 Å². The van der Waals surface area contributed by atoms with E-state index in [4.69, 9.17) is 0 Å². The first-order valence-corrected chi connectivity index (χ1v) is 4.54. The molecule has 0 atom stereocenters. The van der Waals surface area contributed by atoms with E-state index in [2.05, 4.69) is 46.8 Å². The molecule has 0 amide bonds. The molecule has 0 unspecified atom stereocenters. The van der Waals surface area contributed by atoms with Gasteiger partial charge in [-0.3, -0.25) is 0 Å². The highest BCUT2D eigenvalue weighted by Gasteiger charge is 2.13. The first-order chi connectivity index (χ1) is 5.70. The maximum absolute atomic E-state index is 13.0. The fraction of sp³-hybridized carbons (Fsp3) is 0. The van der Waals surface area contributed by atoms with Crippen LogP contribution in [-0.2, 0) is 0 Å². The normalized spacial score (nSPS) is 10.9. The fourth-order valence-corrected chi connectivity index (χ4v) is 1.68. The van der Waals surface area contributed by atoms with Crippen LogP contribution >= 0.6 is 31.9 Å². The largest absolute Gasteiger partial charge is 0.243 e. The topological polar surface area (TPSA) is 38.9 Å². The zero-order chi connectivity index (χ0) is 8.72. The third-order valence-corrected chi connectivity index (χ3v) is 2.74. The van der Waals surface area contributed by atoms with Gasteiger partial charge >= 0.3 is 0 Å². The summed E-state index contributed by atoms with van der Waals surface area (Å²) in [7, 11) is 0. The summed E-state index contributed by atoms with van der Waals surface area (Å²) in [6.07, 6.45) is 0. The van der Waals surface area contributed by atoms with Crippen LogP contribution in [0.15, 0.2) is 19.6 Å². The van der Waals surface area contributed by atoms with E-state index in [1.807, 2.05) is 0 Å². The van der Waals surface area contributed by atoms with E-state index in [9.17, 15) is 4.39 Å². The van der Waals surface area contributed by atoms with Gasteiger partial charge in [-0.15, -0.1) is 0 Å². The van der Waals surface area contributed by atoms with Crippen molar-refractivity contribution in [3.8, 4) is 0 Å². The van der Waals surface area contributed by atoms with E-state index in [0.29, 0.717) is 15.5 Å². The molecule has 12 heavy (non-hydrogen) atoms. The SMILES string of the molecule is Fc1cc(Br)c2nonc2c1Br. The third-order valence-electron chi connectivity index (χ3n) is 1.39. The Morgan fingerprint density at radius 1 is 1.25 bits per heavy atom. The minimum Gasteiger partial charge on any atom is -0.243 e. The molecule has 0 aliphatic heterocycles. The summed E-state index contributed by atoms with van der Waals surface area (Å²) >= 11 is 6.17. The van der Waals surface area contributed by atoms with E-state index in [-0.39, 0.29) is 4.47 Å². The van der Waals surface area contributed by atoms with Gasteiger partial charge in [0.1, 0.15) is 5.82 Å². The second kappa shape index (κ2) is 2.77. The number of benzene rings is 1. The van der Waals surface area contributed by atoms with Crippen LogP contribution < -0.4 is 0 Å². The first-order valence-electron chi connectivity index (χ1n) is 2.96. The Balaban J connectivity index is 2.97. The molecular formula is C6HBr2FN2O. The standard InChI is InChI=1S/C6HBr2FN2O/c7-2-1-3(9)4(8)6-5(2)10-12-11-6/h1H. The van der Waals surface area contributed by atoms with Crippen molar-refractivity contribution in [1.82, 2.24) is 10.3 Å². The molecule has 1 aromatic carbocycles. The lowest BCUT2D eigenvalue weighted by Gasteiger charge is -1.94. The lowest BCUT2D eigenvalue weighted by atomic mass is 10.3. The average molecular weight is 296 g/mol. The fourth-order valence-electron chi connectivity index (χ4n) is 0.845. The summed E-state index contributed by atoms with van der Waals surface area (Å²) in [6, 6.07) is 1.30. The van der Waals surface area contributed by atoms with Gasteiger partial charge in [-0.05, 0) is 48.2 Å². The number of hydrogen-bond donors (Lipinski definition) is 0. The van der Waals surface area contributed by atoms with Gasteiger partial charge in [0.15, 0.2) is 11.0 Å². The van der Waals surface area contributed by atoms with E-state index >= 15 is 0 Å². The van der Waals surface area contributed by atoms with Gasteiger partial charge in [0.25, 0.3) is 0 Å². The van der Waals surface area contributed by atoms with Crippen molar-refractivity contribution in [2.75, 3.05) is 0 Å². The highest BCUT2D eigenvalue weighted by molar-refractivity contribution is 9.11. The highest BCUT2D eigenvalue weighted by Crippen LogP contribution is 2.29. The number of hydrogen-bond acceptors (Lipinski definition) is 3. The Bertz CT molecular complexity index is 442. The van der Waals surface area contributed by atoms with Crippen molar-refractivity contribution >= 4 is 42.9 Å². The van der Waals surface area contributed by atoms with E-state index in [1.165, 1.54) is 6.07 Å². The molecule has 6 heteroatoms. The predicted molar refractivity (Wildman–Crippen MR) is 47.2 cm³/mol. The van der Waals surface area contributed by atoms with Gasteiger partial charge in [-0.2, -0.15) is 0 Å². The first kappa shape index (κ1) is 8.12. The van der Waals surface area contributed by atoms with Crippen LogP contribution in [-0.4, -0.2) is 10.3 Å². The molecule has 1 aromatic heterocycles. The number of halogens is 3. The Labute approximate surface area is 83.2 Å². The monoisotopic (exact) mass is 294 g/mol. The average Bonchev–Trinajstić information content (AvgIpc) is 2.48. The summed E-state index contributed by atoms with van der Waals surface area (Å²) in [4.78, 5) is 0. The van der Waals surface area contributed by atoms with Gasteiger partial charge in [-0.1, -0.05) is 0 Å². The molecule has 0 saturated carbocycles. The number of nitrogens with zero attached hydrogens (tertiary/aromatic N) is 2. The molecule has 0 saturated heterocycles. The molecule has 0 aliphatic carbocycles. The van der Waals surface area contributed by atoms with Crippen molar-refractivity contribution in [1.29, 1.82) is 0 Å². The summed E-state index contributed by atoms with van der Waals surface area (Å²) in [5, 5.41) is 7.13. The van der Waals surface area contributed by atoms with Gasteiger partial charge in [0, 0.05) is 0 Å². The Morgan fingerprint density at radius 3 is 2.67 bits per heavy atom. The lowest BCUT2D eigenvalue weighted by Crippen LogP contribution is -1.81. The molecular weight excluding hydrogens is 295 g/mol. The van der Waals surface area contributed by atoms with Crippen molar-refractivity contribution in [2.24, 2.45) is 0 Å². The Hall–Kier alpha value is -0.490. The minimum atomic E-state index is -0.398. The van der Waals surface area contributed by atoms with Gasteiger partial charge < -0.3 is 0 Å². The van der Waals surface area contributed by atoms with Gasteiger partial charge in [0.2, 0.25) is 0 Å². The van der Waals surface area contributed by atoms with Crippen molar-refractivity contribution in [3.63, 3.8) is 0 Å². The summed E-state index contributed by atoms with van der Waals surface area (Å²) in [5.41, 5.74) is 0.880. The maximum Gasteiger partial charge on any atom is 0.153 e. The molecule has 62 valence electrons. The van der Waals surface area contributed by atoms with Crippen LogP contribution in [0.4, 0.5) is 4.39 Å². The molecule has 2 aromatic rings. The molecule has 0 spiro atoms. The lowest BCUT2D eigenvalue weighted by molar-refractivity contribution is 0.315. The van der Waals surface area contributed by atoms with E-state index in [0.717, 1.165) is 0 Å². The van der Waals surface area contributed by atoms with Crippen LogP contribution in [0.25, 0.3) is 11.0 Å². The third kappa shape index (κ3) is 1.06. The Kier molecular flexibility index (Phi) is 1.88. The van der Waals surface area contributed by atoms with Crippen LogP contribution in [0, 0.1) is 5.82 Å². The zero-order valence-electron chi connectivity index (χ0n) is 5.51. The quantitative estimate of drug-likeness (QED) is 0.702. The molecule has 0 N–H and O–H groups in total. The second-order valence-electron chi connectivity index (χ2n) is 2.12. The van der Waals surface area contributed by atoms with Crippen LogP contribution in [0.2, 0.25) is 0 Å². The summed E-state index contributed by atoms with van der Waals surface area (Å²) in [6.45, 7) is 0. The van der Waals surface area contributed by atoms with Crippen LogP contribution in [0.3, 0.4) is 0 Å². The molecule has 1 heterocycles. The number of fused-ring (bicyclic) bond motifs is 1. The second-order valence-corrected chi connectivity index (χ2v) is 3.76. The van der Waals surface area contributed by atoms with Crippen molar-refractivity contribution in [3.05, 3.63) is 20.8 Å². The number of aromatic nitrogens is 2. The van der Waals surface area contributed by atoms with Gasteiger partial charge in [-0.25, -0.2) is 9.02 Å². The molecule has 0 fully saturated rings. The van der Waals surface area contributed by atoms with E-state index in [1.54, 1.807) is 0 Å².